The lowest BCUT2D eigenvalue weighted by atomic mass is 10.1. The van der Waals surface area contributed by atoms with Crippen molar-refractivity contribution in [1.82, 2.24) is 10.6 Å². The van der Waals surface area contributed by atoms with E-state index in [2.05, 4.69) is 17.2 Å². The molecule has 0 rings (SSSR count). The summed E-state index contributed by atoms with van der Waals surface area (Å²) in [6, 6.07) is -2.56. The second-order valence-electron chi connectivity index (χ2n) is 5.79. The molecule has 0 aliphatic carbocycles. The van der Waals surface area contributed by atoms with Crippen molar-refractivity contribution >= 4 is 23.9 Å². The van der Waals surface area contributed by atoms with E-state index in [-0.39, 0.29) is 6.42 Å². The minimum atomic E-state index is -1.48. The highest BCUT2D eigenvalue weighted by Crippen LogP contribution is 2.07. The quantitative estimate of drug-likeness (QED) is 0.457. The molecule has 0 radical (unpaired) electrons. The molecule has 3 amide bonds. The molecule has 0 aliphatic rings. The molecule has 5 N–H and O–H groups in total. The zero-order valence-electron chi connectivity index (χ0n) is 13.4. The molecule has 0 aromatic carbocycles. The summed E-state index contributed by atoms with van der Waals surface area (Å²) < 4.78 is 5.03. The van der Waals surface area contributed by atoms with Gasteiger partial charge in [0.2, 0.25) is 11.8 Å². The number of nitrogens with one attached hydrogen (secondary N) is 2. The molecule has 0 saturated carbocycles. The van der Waals surface area contributed by atoms with E-state index in [0.717, 1.165) is 0 Å². The second-order valence-corrected chi connectivity index (χ2v) is 5.79. The van der Waals surface area contributed by atoms with Crippen LogP contribution in [0.3, 0.4) is 0 Å². The standard InChI is InChI=1S/C14H23N3O6/c1-5-6-8(17-13(22)23-14(2,3)4)11(19)16-9(12(20)21)7-10(15)18/h5,8-9H,1,6-7H2,2-4H3,(H2,15,18)(H,16,19)(H,17,22)(H,20,21)/t8?,9-/m0/s1. The molecule has 2 atom stereocenters. The van der Waals surface area contributed by atoms with Crippen molar-refractivity contribution in [1.29, 1.82) is 0 Å². The van der Waals surface area contributed by atoms with E-state index >= 15 is 0 Å². The van der Waals surface area contributed by atoms with Crippen molar-refractivity contribution < 1.29 is 29.0 Å². The maximum atomic E-state index is 12.1. The summed E-state index contributed by atoms with van der Waals surface area (Å²) in [5, 5.41) is 13.4. The number of carboxylic acid groups (broad SMARTS) is 1. The van der Waals surface area contributed by atoms with Gasteiger partial charge in [-0.25, -0.2) is 9.59 Å². The number of amides is 3. The molecule has 0 bridgehead atoms. The lowest BCUT2D eigenvalue weighted by Gasteiger charge is -2.23. The third kappa shape index (κ3) is 9.12. The van der Waals surface area contributed by atoms with Crippen LogP contribution >= 0.6 is 0 Å². The van der Waals surface area contributed by atoms with Crippen LogP contribution in [0, 0.1) is 0 Å². The summed E-state index contributed by atoms with van der Waals surface area (Å²) >= 11 is 0. The first-order valence-corrected chi connectivity index (χ1v) is 6.88. The van der Waals surface area contributed by atoms with E-state index in [0.29, 0.717) is 0 Å². The summed E-state index contributed by atoms with van der Waals surface area (Å²) in [4.78, 5) is 45.6. The topological polar surface area (TPSA) is 148 Å². The van der Waals surface area contributed by atoms with E-state index in [4.69, 9.17) is 15.6 Å². The first kappa shape index (κ1) is 20.4. The zero-order valence-corrected chi connectivity index (χ0v) is 13.4. The molecule has 1 unspecified atom stereocenters. The predicted molar refractivity (Wildman–Crippen MR) is 81.3 cm³/mol. The lowest BCUT2D eigenvalue weighted by Crippen LogP contribution is -2.52. The number of hydrogen-bond acceptors (Lipinski definition) is 5. The van der Waals surface area contributed by atoms with Crippen LogP contribution in [0.5, 0.6) is 0 Å². The Labute approximate surface area is 134 Å². The second kappa shape index (κ2) is 8.76. The van der Waals surface area contributed by atoms with Gasteiger partial charge in [0.1, 0.15) is 17.7 Å². The van der Waals surface area contributed by atoms with Crippen molar-refractivity contribution in [2.24, 2.45) is 5.73 Å². The van der Waals surface area contributed by atoms with Crippen molar-refractivity contribution in [3.8, 4) is 0 Å². The number of hydrogen-bond donors (Lipinski definition) is 4. The van der Waals surface area contributed by atoms with Crippen LogP contribution in [-0.2, 0) is 19.1 Å². The fourth-order valence-corrected chi connectivity index (χ4v) is 1.52. The van der Waals surface area contributed by atoms with Crippen molar-refractivity contribution in [3.05, 3.63) is 12.7 Å². The minimum absolute atomic E-state index is 0.0496. The van der Waals surface area contributed by atoms with Gasteiger partial charge in [0, 0.05) is 0 Å². The van der Waals surface area contributed by atoms with Gasteiger partial charge in [-0.2, -0.15) is 0 Å². The molecule has 130 valence electrons. The third-order valence-corrected chi connectivity index (χ3v) is 2.43. The number of aliphatic carboxylic acids is 1. The highest BCUT2D eigenvalue weighted by molar-refractivity contribution is 5.91. The molecule has 23 heavy (non-hydrogen) atoms. The number of ether oxygens (including phenoxy) is 1. The van der Waals surface area contributed by atoms with E-state index in [1.807, 2.05) is 0 Å². The number of carboxylic acids is 1. The molecule has 0 saturated heterocycles. The zero-order chi connectivity index (χ0) is 18.2. The van der Waals surface area contributed by atoms with Crippen molar-refractivity contribution in [2.45, 2.75) is 51.3 Å². The van der Waals surface area contributed by atoms with Crippen LogP contribution < -0.4 is 16.4 Å². The number of rotatable bonds is 8. The van der Waals surface area contributed by atoms with Crippen molar-refractivity contribution in [3.63, 3.8) is 0 Å². The fraction of sp³-hybridized carbons (Fsp3) is 0.571. The molecular formula is C14H23N3O6. The van der Waals surface area contributed by atoms with Crippen LogP contribution in [0.4, 0.5) is 4.79 Å². The molecular weight excluding hydrogens is 306 g/mol. The maximum absolute atomic E-state index is 12.1. The normalized spacial score (nSPS) is 13.3. The maximum Gasteiger partial charge on any atom is 0.408 e. The Bertz CT molecular complexity index is 483. The van der Waals surface area contributed by atoms with E-state index in [1.54, 1.807) is 20.8 Å². The van der Waals surface area contributed by atoms with Crippen LogP contribution in [-0.4, -0.2) is 46.7 Å². The van der Waals surface area contributed by atoms with Crippen molar-refractivity contribution in [2.75, 3.05) is 0 Å². The average Bonchev–Trinajstić information content (AvgIpc) is 2.34. The first-order chi connectivity index (χ1) is 10.5. The Morgan fingerprint density at radius 2 is 1.78 bits per heavy atom. The summed E-state index contributed by atoms with van der Waals surface area (Å²) in [7, 11) is 0. The number of carbonyl (C=O) groups is 4. The monoisotopic (exact) mass is 329 g/mol. The van der Waals surface area contributed by atoms with Gasteiger partial charge in [-0.15, -0.1) is 6.58 Å². The van der Waals surface area contributed by atoms with Gasteiger partial charge in [0.25, 0.3) is 0 Å². The predicted octanol–water partition coefficient (Wildman–Crippen LogP) is -0.0994. The highest BCUT2D eigenvalue weighted by Gasteiger charge is 2.28. The van der Waals surface area contributed by atoms with Crippen LogP contribution in [0.2, 0.25) is 0 Å². The number of nitrogens with two attached hydrogens (primary N) is 1. The van der Waals surface area contributed by atoms with Gasteiger partial charge in [-0.1, -0.05) is 6.08 Å². The smallest absolute Gasteiger partial charge is 0.408 e. The summed E-state index contributed by atoms with van der Waals surface area (Å²) in [5.41, 5.74) is 4.18. The number of primary amides is 1. The first-order valence-electron chi connectivity index (χ1n) is 6.88. The summed E-state index contributed by atoms with van der Waals surface area (Å²) in [5.74, 6) is -3.07. The SMILES string of the molecule is C=CCC(NC(=O)OC(C)(C)C)C(=O)N[C@@H](CC(N)=O)C(=O)O. The number of carbonyl (C=O) groups excluding carboxylic acids is 3. The Morgan fingerprint density at radius 3 is 2.17 bits per heavy atom. The van der Waals surface area contributed by atoms with Crippen LogP contribution in [0.25, 0.3) is 0 Å². The van der Waals surface area contributed by atoms with Gasteiger partial charge in [-0.05, 0) is 27.2 Å². The Morgan fingerprint density at radius 1 is 1.22 bits per heavy atom. The molecule has 0 aromatic heterocycles. The summed E-state index contributed by atoms with van der Waals surface area (Å²) in [6.45, 7) is 8.43. The third-order valence-electron chi connectivity index (χ3n) is 2.43. The molecule has 0 heterocycles. The molecule has 0 aromatic rings. The van der Waals surface area contributed by atoms with Gasteiger partial charge in [-0.3, -0.25) is 9.59 Å². The molecule has 0 aliphatic heterocycles. The van der Waals surface area contributed by atoms with Gasteiger partial charge >= 0.3 is 12.1 Å². The average molecular weight is 329 g/mol. The largest absolute Gasteiger partial charge is 0.480 e. The molecule has 0 spiro atoms. The summed E-state index contributed by atoms with van der Waals surface area (Å²) in [6.07, 6.45) is 0.0367. The molecule has 9 nitrogen and oxygen atoms in total. The molecule has 9 heteroatoms. The Hall–Kier alpha value is -2.58. The fourth-order valence-electron chi connectivity index (χ4n) is 1.52. The minimum Gasteiger partial charge on any atom is -0.480 e. The van der Waals surface area contributed by atoms with Gasteiger partial charge in [0.15, 0.2) is 0 Å². The lowest BCUT2D eigenvalue weighted by molar-refractivity contribution is -0.143. The Balaban J connectivity index is 4.89. The van der Waals surface area contributed by atoms with Crippen LogP contribution in [0.15, 0.2) is 12.7 Å². The Kier molecular flexibility index (Phi) is 7.78. The number of alkyl carbamates (subject to hydrolysis) is 1. The van der Waals surface area contributed by atoms with E-state index in [1.165, 1.54) is 6.08 Å². The van der Waals surface area contributed by atoms with Gasteiger partial charge < -0.3 is 26.2 Å². The van der Waals surface area contributed by atoms with E-state index < -0.39 is 48.0 Å². The van der Waals surface area contributed by atoms with Crippen LogP contribution in [0.1, 0.15) is 33.6 Å². The highest BCUT2D eigenvalue weighted by atomic mass is 16.6. The van der Waals surface area contributed by atoms with Gasteiger partial charge in [0.05, 0.1) is 6.42 Å². The van der Waals surface area contributed by atoms with E-state index in [9.17, 15) is 19.2 Å². The molecule has 0 fully saturated rings.